The van der Waals surface area contributed by atoms with Crippen molar-refractivity contribution >= 4 is 83.3 Å². The van der Waals surface area contributed by atoms with E-state index in [4.69, 9.17) is 51.4 Å². The molecule has 0 fully saturated rings. The van der Waals surface area contributed by atoms with E-state index in [0.717, 1.165) is 35.3 Å². The SMILES string of the molecule is C.COCCOCCO.COCCOCCOS(=O)(=O)c1ccc(C)cc1.COCCOCCOS(=O)(=O)c1ccc(C)cc1.COCCOCCOc1ccc2sc3ccccc3c(=O)c2c1.O=c1c2ccccc2sc2ccc([O-])cc12.[Na+]. The van der Waals surface area contributed by atoms with Gasteiger partial charge in [-0.25, -0.2) is 0 Å². The molecule has 0 saturated carbocycles. The Balaban J connectivity index is 0.000000370. The van der Waals surface area contributed by atoms with E-state index in [-0.39, 0.29) is 96.4 Å². The van der Waals surface area contributed by atoms with Crippen LogP contribution >= 0.6 is 22.7 Å². The predicted molar refractivity (Wildman–Crippen MR) is 329 cm³/mol. The summed E-state index contributed by atoms with van der Waals surface area (Å²) in [6, 6.07) is 38.4. The van der Waals surface area contributed by atoms with E-state index in [2.05, 4.69) is 4.74 Å². The van der Waals surface area contributed by atoms with Crippen LogP contribution in [0.5, 0.6) is 11.5 Å². The average molecular weight is 1270 g/mol. The van der Waals surface area contributed by atoms with E-state index < -0.39 is 20.2 Å². The molecule has 8 aromatic rings. The summed E-state index contributed by atoms with van der Waals surface area (Å²) in [5.74, 6) is 0.569. The number of fused-ring (bicyclic) bond motifs is 4. The minimum atomic E-state index is -3.68. The normalized spacial score (nSPS) is 11.0. The average Bonchev–Trinajstić information content (AvgIpc) is 2.49. The number of benzene rings is 6. The van der Waals surface area contributed by atoms with Gasteiger partial charge in [0.2, 0.25) is 0 Å². The zero-order valence-electron chi connectivity index (χ0n) is 48.4. The Labute approximate surface area is 528 Å². The van der Waals surface area contributed by atoms with Crippen LogP contribution in [0.3, 0.4) is 0 Å². The van der Waals surface area contributed by atoms with Crippen LogP contribution in [0, 0.1) is 13.8 Å². The second-order valence-corrected chi connectivity index (χ2v) is 22.7. The summed E-state index contributed by atoms with van der Waals surface area (Å²) < 4.78 is 106. The Hall–Kier alpha value is -4.84. The van der Waals surface area contributed by atoms with Crippen molar-refractivity contribution in [3.8, 4) is 11.5 Å². The summed E-state index contributed by atoms with van der Waals surface area (Å²) in [5.41, 5.74) is 1.99. The van der Waals surface area contributed by atoms with E-state index in [1.165, 1.54) is 47.7 Å². The second kappa shape index (κ2) is 42.9. The topological polar surface area (TPSA) is 247 Å². The molecule has 0 saturated heterocycles. The van der Waals surface area contributed by atoms with Gasteiger partial charge in [0.25, 0.3) is 20.2 Å². The summed E-state index contributed by atoms with van der Waals surface area (Å²) in [5, 5.41) is 22.1. The van der Waals surface area contributed by atoms with Gasteiger partial charge in [0.15, 0.2) is 10.9 Å². The van der Waals surface area contributed by atoms with Crippen LogP contribution in [-0.4, -0.2) is 156 Å². The number of methoxy groups -OCH3 is 4. The first kappa shape index (κ1) is 76.3. The molecule has 0 unspecified atom stereocenters. The van der Waals surface area contributed by atoms with E-state index >= 15 is 0 Å². The van der Waals surface area contributed by atoms with Gasteiger partial charge >= 0.3 is 29.6 Å². The first-order chi connectivity index (χ1) is 40.1. The molecule has 0 spiro atoms. The second-order valence-electron chi connectivity index (χ2n) is 17.3. The van der Waals surface area contributed by atoms with E-state index in [9.17, 15) is 31.5 Å². The van der Waals surface area contributed by atoms with Gasteiger partial charge in [0.05, 0.1) is 109 Å². The van der Waals surface area contributed by atoms with Crippen molar-refractivity contribution < 1.29 is 108 Å². The number of aryl methyl sites for hydroxylation is 2. The van der Waals surface area contributed by atoms with Gasteiger partial charge in [-0.1, -0.05) is 79.2 Å². The molecule has 24 heteroatoms. The molecule has 0 amide bonds. The van der Waals surface area contributed by atoms with Crippen LogP contribution in [-0.2, 0) is 66.5 Å². The molecule has 0 atom stereocenters. The number of aliphatic hydroxyl groups excluding tert-OH is 1. The van der Waals surface area contributed by atoms with Crippen molar-refractivity contribution in [2.24, 2.45) is 0 Å². The third kappa shape index (κ3) is 27.8. The van der Waals surface area contributed by atoms with Crippen LogP contribution < -0.4 is 50.3 Å². The standard InChI is InChI=1S/C18H18O4S.C13H8O2S.2C12H18O5S.C5H12O3.CH4.Na/c1-20-8-9-21-10-11-22-13-6-7-17-15(12-13)18(19)14-4-2-3-5-16(14)23-17;14-8-5-6-12-10(7-8)13(15)9-3-1-2-4-11(9)16-12;2*1-11-3-5-12(6-4-11)18(13,14)17-10-9-16-8-7-15-2;1-7-4-5-8-3-2-6;;/h2-7,12H,8-11H2,1H3;1-7,14H;2*3-6H,7-10H2,1-2H3;6H,2-5H2,1H3;1H4;/q;;;;;;+1/p-1. The third-order valence-corrected chi connectivity index (χ3v) is 16.1. The molecule has 19 nitrogen and oxygen atoms in total. The number of hydrogen-bond acceptors (Lipinski definition) is 21. The minimum absolute atomic E-state index is 0. The van der Waals surface area contributed by atoms with Crippen LogP contribution in [0.25, 0.3) is 40.3 Å². The molecule has 8 rings (SSSR count). The molecular weight excluding hydrogens is 1190 g/mol. The molecule has 0 aliphatic heterocycles. The molecule has 0 radical (unpaired) electrons. The van der Waals surface area contributed by atoms with Crippen LogP contribution in [0.2, 0.25) is 0 Å². The Kier molecular flexibility index (Phi) is 38.5. The van der Waals surface area contributed by atoms with Crippen molar-refractivity contribution in [1.29, 1.82) is 0 Å². The Morgan fingerprint density at radius 2 is 0.776 bits per heavy atom. The van der Waals surface area contributed by atoms with Crippen molar-refractivity contribution in [2.45, 2.75) is 31.1 Å². The molecule has 460 valence electrons. The molecule has 85 heavy (non-hydrogen) atoms. The van der Waals surface area contributed by atoms with Gasteiger partial charge in [-0.3, -0.25) is 18.0 Å². The maximum Gasteiger partial charge on any atom is 1.00 e. The predicted octanol–water partition coefficient (Wildman–Crippen LogP) is 5.95. The summed E-state index contributed by atoms with van der Waals surface area (Å²) >= 11 is 3.15. The molecule has 2 aromatic heterocycles. The minimum Gasteiger partial charge on any atom is -0.872 e. The number of rotatable bonds is 28. The number of aliphatic hydroxyl groups is 1. The zero-order chi connectivity index (χ0) is 60.3. The Morgan fingerprint density at radius 1 is 0.424 bits per heavy atom. The summed E-state index contributed by atoms with van der Waals surface area (Å²) in [6.07, 6.45) is 0. The van der Waals surface area contributed by atoms with Gasteiger partial charge in [0.1, 0.15) is 12.4 Å². The fourth-order valence-corrected chi connectivity index (χ4v) is 10.8. The van der Waals surface area contributed by atoms with Gasteiger partial charge < -0.3 is 52.8 Å². The van der Waals surface area contributed by atoms with Gasteiger partial charge in [-0.15, -0.1) is 28.4 Å². The van der Waals surface area contributed by atoms with Gasteiger partial charge in [-0.2, -0.15) is 16.8 Å². The van der Waals surface area contributed by atoms with Gasteiger partial charge in [0, 0.05) is 68.8 Å². The summed E-state index contributed by atoms with van der Waals surface area (Å²) in [6.45, 7) is 9.73. The van der Waals surface area contributed by atoms with Crippen molar-refractivity contribution in [1.82, 2.24) is 0 Å². The fraction of sp³-hybridized carbons (Fsp3) is 0.377. The molecule has 0 aliphatic carbocycles. The summed E-state index contributed by atoms with van der Waals surface area (Å²) in [4.78, 5) is 25.0. The molecule has 2 heterocycles. The van der Waals surface area contributed by atoms with E-state index in [0.29, 0.717) is 94.6 Å². The van der Waals surface area contributed by atoms with Crippen molar-refractivity contribution in [3.05, 3.63) is 165 Å². The maximum atomic E-state index is 12.6. The smallest absolute Gasteiger partial charge is 0.872 e. The van der Waals surface area contributed by atoms with E-state index in [1.54, 1.807) is 76.2 Å². The first-order valence-electron chi connectivity index (χ1n) is 26.1. The van der Waals surface area contributed by atoms with Gasteiger partial charge in [-0.05, 0) is 86.6 Å². The van der Waals surface area contributed by atoms with Crippen LogP contribution in [0.1, 0.15) is 18.6 Å². The zero-order valence-corrected chi connectivity index (χ0v) is 53.7. The quantitative estimate of drug-likeness (QED) is 0.0257. The Bertz CT molecular complexity index is 3400. The number of hydrogen-bond donors (Lipinski definition) is 1. The molecule has 0 bridgehead atoms. The van der Waals surface area contributed by atoms with E-state index in [1.807, 2.05) is 74.5 Å². The van der Waals surface area contributed by atoms with Crippen LogP contribution in [0.15, 0.2) is 153 Å². The van der Waals surface area contributed by atoms with Crippen LogP contribution in [0.4, 0.5) is 0 Å². The fourth-order valence-electron chi connectivity index (χ4n) is 6.87. The Morgan fingerprint density at radius 3 is 1.19 bits per heavy atom. The number of ether oxygens (including phenoxy) is 9. The largest absolute Gasteiger partial charge is 1.00 e. The first-order valence-corrected chi connectivity index (χ1v) is 30.5. The monoisotopic (exact) mass is 1260 g/mol. The molecule has 0 aliphatic rings. The molecule has 1 N–H and O–H groups in total. The maximum absolute atomic E-state index is 12.6. The summed E-state index contributed by atoms with van der Waals surface area (Å²) in [7, 11) is -0.967. The molecule has 6 aromatic carbocycles. The third-order valence-electron chi connectivity index (χ3n) is 11.1. The molecular formula is C61H77NaO19S4. The van der Waals surface area contributed by atoms with Crippen molar-refractivity contribution in [2.75, 3.05) is 134 Å². The van der Waals surface area contributed by atoms with Crippen molar-refractivity contribution in [3.63, 3.8) is 0 Å².